The fourth-order valence-corrected chi connectivity index (χ4v) is 4.22. The second-order valence-corrected chi connectivity index (χ2v) is 7.05. The number of thiophene rings is 1. The monoisotopic (exact) mass is 301 g/mol. The average Bonchev–Trinajstić information content (AvgIpc) is 2.99. The predicted octanol–water partition coefficient (Wildman–Crippen LogP) is 4.04. The minimum Gasteiger partial charge on any atom is -0.388 e. The lowest BCUT2D eigenvalue weighted by atomic mass is 9.94. The van der Waals surface area contributed by atoms with Crippen molar-refractivity contribution in [2.75, 3.05) is 13.1 Å². The maximum atomic E-state index is 10.5. The number of fused-ring (bicyclic) bond motifs is 1. The minimum atomic E-state index is -0.387. The largest absolute Gasteiger partial charge is 0.388 e. The predicted molar refractivity (Wildman–Crippen MR) is 88.6 cm³/mol. The van der Waals surface area contributed by atoms with Gasteiger partial charge >= 0.3 is 0 Å². The smallest absolute Gasteiger partial charge is 0.0827 e. The molecule has 3 rings (SSSR count). The molecule has 2 heterocycles. The molecule has 3 heteroatoms. The molecule has 0 aliphatic carbocycles. The van der Waals surface area contributed by atoms with E-state index in [0.29, 0.717) is 6.04 Å². The van der Waals surface area contributed by atoms with Gasteiger partial charge < -0.3 is 5.11 Å². The third kappa shape index (κ3) is 3.05. The zero-order chi connectivity index (χ0) is 14.8. The zero-order valence-electron chi connectivity index (χ0n) is 12.7. The Labute approximate surface area is 131 Å². The molecule has 112 valence electrons. The summed E-state index contributed by atoms with van der Waals surface area (Å²) in [4.78, 5) is 4.04. The Bertz CT molecular complexity index is 580. The topological polar surface area (TPSA) is 23.5 Å². The first-order valence-electron chi connectivity index (χ1n) is 7.70. The van der Waals surface area contributed by atoms with E-state index in [-0.39, 0.29) is 12.0 Å². The normalized spacial score (nSPS) is 21.8. The fourth-order valence-electron chi connectivity index (χ4n) is 3.26. The van der Waals surface area contributed by atoms with E-state index < -0.39 is 0 Å². The van der Waals surface area contributed by atoms with Crippen LogP contribution >= 0.6 is 11.3 Å². The summed E-state index contributed by atoms with van der Waals surface area (Å²) < 4.78 is 0. The van der Waals surface area contributed by atoms with Crippen molar-refractivity contribution in [3.05, 3.63) is 57.8 Å². The number of rotatable bonds is 4. The summed E-state index contributed by atoms with van der Waals surface area (Å²) in [5.41, 5.74) is 2.50. The first-order chi connectivity index (χ1) is 10.2. The summed E-state index contributed by atoms with van der Waals surface area (Å²) in [6.07, 6.45) is 0.758. The molecular weight excluding hydrogens is 278 g/mol. The zero-order valence-corrected chi connectivity index (χ0v) is 13.5. The number of aliphatic hydroxyl groups excluding tert-OH is 1. The number of hydrogen-bond donors (Lipinski definition) is 1. The molecule has 21 heavy (non-hydrogen) atoms. The van der Waals surface area contributed by atoms with E-state index in [9.17, 15) is 5.11 Å². The first-order valence-corrected chi connectivity index (χ1v) is 8.58. The van der Waals surface area contributed by atoms with Crippen molar-refractivity contribution >= 4 is 11.3 Å². The molecule has 0 spiro atoms. The van der Waals surface area contributed by atoms with Crippen LogP contribution < -0.4 is 0 Å². The van der Waals surface area contributed by atoms with Crippen LogP contribution in [0.1, 0.15) is 42.0 Å². The van der Waals surface area contributed by atoms with E-state index in [1.165, 1.54) is 10.4 Å². The van der Waals surface area contributed by atoms with Gasteiger partial charge in [0.2, 0.25) is 0 Å². The standard InChI is InChI=1S/C18H23NOS/c1-13(18(20)15-6-4-3-5-7-15)12-19-10-8-17-16(14(19)2)9-11-21-17/h3-7,9,11,13-14,18,20H,8,10,12H2,1-2H3. The maximum Gasteiger partial charge on any atom is 0.0827 e. The molecule has 1 aromatic carbocycles. The van der Waals surface area contributed by atoms with Crippen LogP contribution in [0.25, 0.3) is 0 Å². The van der Waals surface area contributed by atoms with Gasteiger partial charge in [0.1, 0.15) is 0 Å². The molecule has 1 N–H and O–H groups in total. The Hall–Kier alpha value is -1.16. The Morgan fingerprint density at radius 1 is 1.29 bits per heavy atom. The molecule has 0 bridgehead atoms. The number of hydrogen-bond acceptors (Lipinski definition) is 3. The average molecular weight is 301 g/mol. The number of benzene rings is 1. The summed E-state index contributed by atoms with van der Waals surface area (Å²) in [5.74, 6) is 0.232. The van der Waals surface area contributed by atoms with Crippen LogP contribution in [0.15, 0.2) is 41.8 Å². The van der Waals surface area contributed by atoms with Crippen molar-refractivity contribution in [2.45, 2.75) is 32.4 Å². The second-order valence-electron chi connectivity index (χ2n) is 6.05. The maximum absolute atomic E-state index is 10.5. The van der Waals surface area contributed by atoms with Gasteiger partial charge in [-0.3, -0.25) is 4.90 Å². The molecule has 1 aromatic heterocycles. The summed E-state index contributed by atoms with van der Waals surface area (Å²) in [7, 11) is 0. The third-order valence-electron chi connectivity index (χ3n) is 4.61. The van der Waals surface area contributed by atoms with Crippen molar-refractivity contribution in [2.24, 2.45) is 5.92 Å². The summed E-state index contributed by atoms with van der Waals surface area (Å²) in [5, 5.41) is 12.7. The van der Waals surface area contributed by atoms with E-state index in [1.807, 2.05) is 41.7 Å². The summed E-state index contributed by atoms with van der Waals surface area (Å²) in [6.45, 7) is 6.47. The van der Waals surface area contributed by atoms with Gasteiger partial charge in [0.15, 0.2) is 0 Å². The van der Waals surface area contributed by atoms with Crippen LogP contribution in [0.3, 0.4) is 0 Å². The highest BCUT2D eigenvalue weighted by molar-refractivity contribution is 7.10. The van der Waals surface area contributed by atoms with Crippen LogP contribution in [-0.4, -0.2) is 23.1 Å². The highest BCUT2D eigenvalue weighted by Gasteiger charge is 2.27. The molecule has 3 atom stereocenters. The van der Waals surface area contributed by atoms with Gasteiger partial charge in [0.25, 0.3) is 0 Å². The Kier molecular flexibility index (Phi) is 4.43. The molecule has 0 saturated heterocycles. The van der Waals surface area contributed by atoms with Crippen LogP contribution in [0.4, 0.5) is 0 Å². The van der Waals surface area contributed by atoms with Crippen molar-refractivity contribution in [3.63, 3.8) is 0 Å². The van der Waals surface area contributed by atoms with E-state index in [2.05, 4.69) is 30.2 Å². The van der Waals surface area contributed by atoms with Crippen LogP contribution in [0, 0.1) is 5.92 Å². The summed E-state index contributed by atoms with van der Waals surface area (Å²) in [6, 6.07) is 12.7. The fraction of sp³-hybridized carbons (Fsp3) is 0.444. The van der Waals surface area contributed by atoms with Gasteiger partial charge in [-0.05, 0) is 41.8 Å². The third-order valence-corrected chi connectivity index (χ3v) is 5.60. The quantitative estimate of drug-likeness (QED) is 0.921. The molecular formula is C18H23NOS. The van der Waals surface area contributed by atoms with Gasteiger partial charge in [-0.15, -0.1) is 11.3 Å². The molecule has 0 amide bonds. The van der Waals surface area contributed by atoms with Crippen LogP contribution in [-0.2, 0) is 6.42 Å². The van der Waals surface area contributed by atoms with Gasteiger partial charge in [-0.2, -0.15) is 0 Å². The molecule has 0 fully saturated rings. The lowest BCUT2D eigenvalue weighted by Gasteiger charge is -2.36. The van der Waals surface area contributed by atoms with Crippen LogP contribution in [0.2, 0.25) is 0 Å². The lowest BCUT2D eigenvalue weighted by Crippen LogP contribution is -2.37. The van der Waals surface area contributed by atoms with E-state index in [0.717, 1.165) is 25.1 Å². The first kappa shape index (κ1) is 14.8. The molecule has 1 aliphatic rings. The number of aliphatic hydroxyl groups is 1. The Balaban J connectivity index is 1.67. The van der Waals surface area contributed by atoms with E-state index >= 15 is 0 Å². The molecule has 2 nitrogen and oxygen atoms in total. The molecule has 2 aromatic rings. The Morgan fingerprint density at radius 3 is 2.81 bits per heavy atom. The molecule has 0 saturated carbocycles. The van der Waals surface area contributed by atoms with Crippen molar-refractivity contribution in [3.8, 4) is 0 Å². The van der Waals surface area contributed by atoms with Gasteiger partial charge in [0.05, 0.1) is 6.10 Å². The van der Waals surface area contributed by atoms with Crippen LogP contribution in [0.5, 0.6) is 0 Å². The number of nitrogens with zero attached hydrogens (tertiary/aromatic N) is 1. The van der Waals surface area contributed by atoms with Crippen molar-refractivity contribution < 1.29 is 5.11 Å². The molecule has 0 radical (unpaired) electrons. The van der Waals surface area contributed by atoms with Crippen molar-refractivity contribution in [1.29, 1.82) is 0 Å². The van der Waals surface area contributed by atoms with Gasteiger partial charge in [0, 0.05) is 24.0 Å². The minimum absolute atomic E-state index is 0.232. The summed E-state index contributed by atoms with van der Waals surface area (Å²) >= 11 is 1.88. The molecule has 1 aliphatic heterocycles. The Morgan fingerprint density at radius 2 is 2.05 bits per heavy atom. The van der Waals surface area contributed by atoms with Gasteiger partial charge in [-0.25, -0.2) is 0 Å². The van der Waals surface area contributed by atoms with Crippen molar-refractivity contribution in [1.82, 2.24) is 4.90 Å². The SMILES string of the molecule is CC(CN1CCc2sccc2C1C)C(O)c1ccccc1. The van der Waals surface area contributed by atoms with E-state index in [1.54, 1.807) is 0 Å². The highest BCUT2D eigenvalue weighted by atomic mass is 32.1. The lowest BCUT2D eigenvalue weighted by molar-refractivity contribution is 0.0732. The molecule has 3 unspecified atom stereocenters. The van der Waals surface area contributed by atoms with E-state index in [4.69, 9.17) is 0 Å². The highest BCUT2D eigenvalue weighted by Crippen LogP contribution is 2.34. The second kappa shape index (κ2) is 6.30. The van der Waals surface area contributed by atoms with Gasteiger partial charge in [-0.1, -0.05) is 37.3 Å².